The predicted octanol–water partition coefficient (Wildman–Crippen LogP) is 1.16. The quantitative estimate of drug-likeness (QED) is 0.591. The van der Waals surface area contributed by atoms with Crippen molar-refractivity contribution in [2.45, 2.75) is 19.8 Å². The van der Waals surface area contributed by atoms with Gasteiger partial charge in [-0.1, -0.05) is 6.07 Å². The maximum Gasteiger partial charge on any atom is 0.320 e. The van der Waals surface area contributed by atoms with E-state index in [1.54, 1.807) is 18.2 Å². The maximum absolute atomic E-state index is 11.8. The van der Waals surface area contributed by atoms with Crippen LogP contribution in [-0.4, -0.2) is 30.5 Å². The van der Waals surface area contributed by atoms with Gasteiger partial charge in [-0.25, -0.2) is 4.98 Å². The summed E-state index contributed by atoms with van der Waals surface area (Å²) in [6, 6.07) is 5.28. The molecular weight excluding hydrogens is 234 g/mol. The zero-order valence-electron chi connectivity index (χ0n) is 10.4. The number of carbonyl (C=O) groups is 2. The van der Waals surface area contributed by atoms with Crippen LogP contribution >= 0.6 is 0 Å². The van der Waals surface area contributed by atoms with E-state index in [2.05, 4.69) is 4.98 Å². The molecule has 5 nitrogen and oxygen atoms in total. The molecule has 18 heavy (non-hydrogen) atoms. The minimum atomic E-state index is -1.07. The van der Waals surface area contributed by atoms with E-state index in [9.17, 15) is 9.59 Å². The minimum Gasteiger partial charge on any atom is -0.481 e. The maximum atomic E-state index is 11.8. The summed E-state index contributed by atoms with van der Waals surface area (Å²) in [6.07, 6.45) is 0.679. The first kappa shape index (κ1) is 12.5. The third-order valence-electron chi connectivity index (χ3n) is 3.30. The van der Waals surface area contributed by atoms with E-state index < -0.39 is 11.4 Å². The number of hydrogen-bond acceptors (Lipinski definition) is 5. The van der Waals surface area contributed by atoms with Crippen molar-refractivity contribution in [2.24, 2.45) is 5.41 Å². The number of Topliss-reactive ketones (excluding diaryl/α,β-unsaturated/α-hetero) is 1. The van der Waals surface area contributed by atoms with Crippen LogP contribution in [0.3, 0.4) is 0 Å². The molecule has 0 spiro atoms. The van der Waals surface area contributed by atoms with Gasteiger partial charge in [0, 0.05) is 24.6 Å². The van der Waals surface area contributed by atoms with Crippen LogP contribution in [0.5, 0.6) is 5.88 Å². The van der Waals surface area contributed by atoms with E-state index in [0.29, 0.717) is 24.6 Å². The summed E-state index contributed by atoms with van der Waals surface area (Å²) in [4.78, 5) is 27.8. The largest absolute Gasteiger partial charge is 0.481 e. The molecule has 1 unspecified atom stereocenters. The second-order valence-corrected chi connectivity index (χ2v) is 4.37. The van der Waals surface area contributed by atoms with Crippen molar-refractivity contribution < 1.29 is 19.1 Å². The Labute approximate surface area is 105 Å². The molecule has 96 valence electrons. The molecule has 0 bridgehead atoms. The Kier molecular flexibility index (Phi) is 3.32. The third-order valence-corrected chi connectivity index (χ3v) is 3.30. The average molecular weight is 249 g/mol. The Morgan fingerprint density at radius 3 is 2.89 bits per heavy atom. The molecule has 0 saturated carbocycles. The van der Waals surface area contributed by atoms with Crippen LogP contribution in [-0.2, 0) is 20.7 Å². The smallest absolute Gasteiger partial charge is 0.320 e. The number of nitrogens with zero attached hydrogens (tertiary/aromatic N) is 1. The van der Waals surface area contributed by atoms with Crippen LogP contribution in [0.4, 0.5) is 0 Å². The monoisotopic (exact) mass is 249 g/mol. The summed E-state index contributed by atoms with van der Waals surface area (Å²) >= 11 is 0. The highest BCUT2D eigenvalue weighted by molar-refractivity contribution is 6.03. The zero-order chi connectivity index (χ0) is 13.2. The average Bonchev–Trinajstić information content (AvgIpc) is 2.72. The Bertz CT molecular complexity index is 486. The molecule has 0 aromatic carbocycles. The van der Waals surface area contributed by atoms with Gasteiger partial charge in [0.25, 0.3) is 0 Å². The number of ketones is 1. The molecule has 0 aliphatic carbocycles. The van der Waals surface area contributed by atoms with E-state index in [0.717, 1.165) is 0 Å². The molecule has 2 heterocycles. The van der Waals surface area contributed by atoms with Gasteiger partial charge >= 0.3 is 5.97 Å². The molecule has 1 fully saturated rings. The highest BCUT2D eigenvalue weighted by Gasteiger charge is 2.49. The van der Waals surface area contributed by atoms with Crippen molar-refractivity contribution in [3.63, 3.8) is 0 Å². The van der Waals surface area contributed by atoms with Gasteiger partial charge in [0.15, 0.2) is 0 Å². The minimum absolute atomic E-state index is 0.172. The second kappa shape index (κ2) is 4.76. The van der Waals surface area contributed by atoms with Crippen molar-refractivity contribution in [2.75, 3.05) is 13.7 Å². The van der Waals surface area contributed by atoms with Gasteiger partial charge in [0.05, 0.1) is 13.7 Å². The summed E-state index contributed by atoms with van der Waals surface area (Å²) in [7, 11) is 1.52. The molecule has 1 saturated heterocycles. The van der Waals surface area contributed by atoms with Gasteiger partial charge in [0.2, 0.25) is 5.88 Å². The lowest BCUT2D eigenvalue weighted by atomic mass is 9.78. The lowest BCUT2D eigenvalue weighted by molar-refractivity contribution is -0.150. The first-order valence-electron chi connectivity index (χ1n) is 5.77. The molecule has 1 aromatic heterocycles. The standard InChI is InChI=1S/C13H15NO4/c1-9(15)13(6-7-18-12(13)16)8-10-4-3-5-11(14-10)17-2/h3-5H,6-8H2,1-2H3. The number of ether oxygens (including phenoxy) is 2. The van der Waals surface area contributed by atoms with Crippen molar-refractivity contribution in [1.82, 2.24) is 4.98 Å². The van der Waals surface area contributed by atoms with Crippen LogP contribution in [0.25, 0.3) is 0 Å². The second-order valence-electron chi connectivity index (χ2n) is 4.37. The summed E-state index contributed by atoms with van der Waals surface area (Å²) in [5.41, 5.74) is -0.414. The van der Waals surface area contributed by atoms with Crippen LogP contribution < -0.4 is 4.74 Å². The third kappa shape index (κ3) is 2.08. The van der Waals surface area contributed by atoms with E-state index in [1.165, 1.54) is 14.0 Å². The van der Waals surface area contributed by atoms with Gasteiger partial charge < -0.3 is 9.47 Å². The predicted molar refractivity (Wildman–Crippen MR) is 63.2 cm³/mol. The van der Waals surface area contributed by atoms with Crippen molar-refractivity contribution >= 4 is 11.8 Å². The van der Waals surface area contributed by atoms with Gasteiger partial charge in [-0.2, -0.15) is 0 Å². The molecule has 0 N–H and O–H groups in total. The number of methoxy groups -OCH3 is 1. The highest BCUT2D eigenvalue weighted by Crippen LogP contribution is 2.34. The first-order valence-corrected chi connectivity index (χ1v) is 5.77. The Morgan fingerprint density at radius 2 is 2.33 bits per heavy atom. The number of cyclic esters (lactones) is 1. The number of hydrogen-bond donors (Lipinski definition) is 0. The van der Waals surface area contributed by atoms with Crippen LogP contribution in [0.15, 0.2) is 18.2 Å². The molecule has 5 heteroatoms. The number of esters is 1. The normalized spacial score (nSPS) is 22.7. The van der Waals surface area contributed by atoms with Crippen LogP contribution in [0.1, 0.15) is 19.0 Å². The Hall–Kier alpha value is -1.91. The zero-order valence-corrected chi connectivity index (χ0v) is 10.4. The van der Waals surface area contributed by atoms with Gasteiger partial charge in [-0.15, -0.1) is 0 Å². The summed E-state index contributed by atoms with van der Waals surface area (Å²) in [5.74, 6) is -0.146. The summed E-state index contributed by atoms with van der Waals surface area (Å²) in [5, 5.41) is 0. The Morgan fingerprint density at radius 1 is 1.56 bits per heavy atom. The molecule has 0 amide bonds. The van der Waals surface area contributed by atoms with Crippen LogP contribution in [0, 0.1) is 5.41 Å². The number of aromatic nitrogens is 1. The SMILES string of the molecule is COc1cccc(CC2(C(C)=O)CCOC2=O)n1. The van der Waals surface area contributed by atoms with E-state index in [1.807, 2.05) is 0 Å². The molecule has 1 aliphatic heterocycles. The van der Waals surface area contributed by atoms with Crippen molar-refractivity contribution in [1.29, 1.82) is 0 Å². The van der Waals surface area contributed by atoms with Crippen molar-refractivity contribution in [3.8, 4) is 5.88 Å². The molecule has 2 rings (SSSR count). The van der Waals surface area contributed by atoms with E-state index in [-0.39, 0.29) is 12.2 Å². The fourth-order valence-corrected chi connectivity index (χ4v) is 2.14. The molecule has 0 radical (unpaired) electrons. The van der Waals surface area contributed by atoms with E-state index in [4.69, 9.17) is 9.47 Å². The molecule has 1 aromatic rings. The topological polar surface area (TPSA) is 65.5 Å². The lowest BCUT2D eigenvalue weighted by Gasteiger charge is -2.20. The molecule has 1 aliphatic rings. The van der Waals surface area contributed by atoms with Gasteiger partial charge in [0.1, 0.15) is 11.2 Å². The summed E-state index contributed by atoms with van der Waals surface area (Å²) < 4.78 is 9.97. The Balaban J connectivity index is 2.29. The lowest BCUT2D eigenvalue weighted by Crippen LogP contribution is -2.36. The highest BCUT2D eigenvalue weighted by atomic mass is 16.5. The van der Waals surface area contributed by atoms with E-state index >= 15 is 0 Å². The number of carbonyl (C=O) groups excluding carboxylic acids is 2. The van der Waals surface area contributed by atoms with Gasteiger partial charge in [-0.05, 0) is 13.0 Å². The fourth-order valence-electron chi connectivity index (χ4n) is 2.14. The van der Waals surface area contributed by atoms with Crippen molar-refractivity contribution in [3.05, 3.63) is 23.9 Å². The molecule has 1 atom stereocenters. The molecular formula is C13H15NO4. The number of rotatable bonds is 4. The summed E-state index contributed by atoms with van der Waals surface area (Å²) in [6.45, 7) is 1.72. The van der Waals surface area contributed by atoms with Crippen LogP contribution in [0.2, 0.25) is 0 Å². The van der Waals surface area contributed by atoms with Gasteiger partial charge in [-0.3, -0.25) is 9.59 Å². The fraction of sp³-hybridized carbons (Fsp3) is 0.462. The number of pyridine rings is 1. The first-order chi connectivity index (χ1) is 8.58.